The minimum absolute atomic E-state index is 0.125. The van der Waals surface area contributed by atoms with E-state index in [1.165, 1.54) is 19.3 Å². The smallest absolute Gasteiger partial charge is 0.306 e. The molecule has 1 rings (SSSR count). The topological polar surface area (TPSA) is 37.3 Å². The van der Waals surface area contributed by atoms with E-state index in [0.29, 0.717) is 17.3 Å². The van der Waals surface area contributed by atoms with Crippen LogP contribution in [0.3, 0.4) is 0 Å². The zero-order valence-electron chi connectivity index (χ0n) is 14.3. The van der Waals surface area contributed by atoms with Gasteiger partial charge in [-0.3, -0.25) is 4.79 Å². The van der Waals surface area contributed by atoms with E-state index in [1.54, 1.807) is 0 Å². The zero-order chi connectivity index (χ0) is 15.6. The largest absolute Gasteiger partial charge is 0.481 e. The Morgan fingerprint density at radius 1 is 1.05 bits per heavy atom. The van der Waals surface area contributed by atoms with Crippen molar-refractivity contribution in [3.8, 4) is 0 Å². The fourth-order valence-electron chi connectivity index (χ4n) is 4.29. The average Bonchev–Trinajstić information content (AvgIpc) is 2.37. The quantitative estimate of drug-likeness (QED) is 0.711. The van der Waals surface area contributed by atoms with Crippen molar-refractivity contribution in [3.05, 3.63) is 0 Å². The second-order valence-corrected chi connectivity index (χ2v) is 8.14. The van der Waals surface area contributed by atoms with Crippen molar-refractivity contribution in [3.63, 3.8) is 0 Å². The fourth-order valence-corrected chi connectivity index (χ4v) is 4.29. The maximum atomic E-state index is 11.4. The van der Waals surface area contributed by atoms with Gasteiger partial charge in [0.2, 0.25) is 0 Å². The van der Waals surface area contributed by atoms with Gasteiger partial charge in [0.1, 0.15) is 0 Å². The third-order valence-corrected chi connectivity index (χ3v) is 6.01. The molecule has 2 heteroatoms. The van der Waals surface area contributed by atoms with Crippen LogP contribution >= 0.6 is 0 Å². The molecule has 0 bridgehead atoms. The third-order valence-electron chi connectivity index (χ3n) is 6.01. The number of aliphatic carboxylic acids is 1. The van der Waals surface area contributed by atoms with Crippen molar-refractivity contribution in [1.29, 1.82) is 0 Å². The predicted octanol–water partition coefficient (Wildman–Crippen LogP) is 5.37. The Balaban J connectivity index is 3.02. The van der Waals surface area contributed by atoms with Crippen LogP contribution in [0.4, 0.5) is 0 Å². The summed E-state index contributed by atoms with van der Waals surface area (Å²) in [6.45, 7) is 13.9. The zero-order valence-corrected chi connectivity index (χ0v) is 14.3. The fraction of sp³-hybridized carbons (Fsp3) is 0.944. The lowest BCUT2D eigenvalue weighted by molar-refractivity contribution is -0.146. The van der Waals surface area contributed by atoms with Gasteiger partial charge < -0.3 is 5.11 Å². The van der Waals surface area contributed by atoms with Gasteiger partial charge in [-0.2, -0.15) is 0 Å². The summed E-state index contributed by atoms with van der Waals surface area (Å²) in [5.74, 6) is 0.479. The van der Waals surface area contributed by atoms with E-state index in [1.807, 2.05) is 0 Å². The molecule has 0 aliphatic heterocycles. The molecule has 1 aliphatic rings. The van der Waals surface area contributed by atoms with Crippen LogP contribution in [0.5, 0.6) is 0 Å². The van der Waals surface area contributed by atoms with Crippen LogP contribution in [0.15, 0.2) is 0 Å². The number of hydrogen-bond acceptors (Lipinski definition) is 1. The summed E-state index contributed by atoms with van der Waals surface area (Å²) in [6.07, 6.45) is 6.36. The summed E-state index contributed by atoms with van der Waals surface area (Å²) in [4.78, 5) is 11.4. The first-order valence-corrected chi connectivity index (χ1v) is 8.38. The molecule has 0 amide bonds. The summed E-state index contributed by atoms with van der Waals surface area (Å²) in [5.41, 5.74) is 0.569. The van der Waals surface area contributed by atoms with Crippen molar-refractivity contribution in [1.82, 2.24) is 0 Å². The van der Waals surface area contributed by atoms with Gasteiger partial charge in [-0.1, -0.05) is 54.4 Å². The Bertz CT molecular complexity index is 330. The lowest BCUT2D eigenvalue weighted by Crippen LogP contribution is -2.43. The minimum Gasteiger partial charge on any atom is -0.481 e. The highest BCUT2D eigenvalue weighted by molar-refractivity contribution is 5.70. The molecule has 0 heterocycles. The van der Waals surface area contributed by atoms with Crippen LogP contribution in [-0.4, -0.2) is 11.1 Å². The Morgan fingerprint density at radius 3 is 2.10 bits per heavy atom. The molecule has 118 valence electrons. The van der Waals surface area contributed by atoms with E-state index in [2.05, 4.69) is 41.5 Å². The molecule has 1 N–H and O–H groups in total. The van der Waals surface area contributed by atoms with Crippen molar-refractivity contribution < 1.29 is 9.90 Å². The van der Waals surface area contributed by atoms with Gasteiger partial charge in [0, 0.05) is 0 Å². The van der Waals surface area contributed by atoms with Crippen molar-refractivity contribution >= 4 is 5.97 Å². The van der Waals surface area contributed by atoms with E-state index < -0.39 is 5.97 Å². The highest BCUT2D eigenvalue weighted by Gasteiger charge is 2.46. The van der Waals surface area contributed by atoms with Crippen molar-refractivity contribution in [2.24, 2.45) is 28.6 Å². The van der Waals surface area contributed by atoms with Gasteiger partial charge in [0.05, 0.1) is 5.92 Å². The molecule has 0 aromatic rings. The molecule has 0 aromatic heterocycles. The summed E-state index contributed by atoms with van der Waals surface area (Å²) in [7, 11) is 0. The molecule has 20 heavy (non-hydrogen) atoms. The minimum atomic E-state index is -0.588. The molecular weight excluding hydrogens is 248 g/mol. The van der Waals surface area contributed by atoms with E-state index in [9.17, 15) is 9.90 Å². The summed E-state index contributed by atoms with van der Waals surface area (Å²) in [5, 5.41) is 9.40. The number of carboxylic acids is 1. The van der Waals surface area contributed by atoms with Crippen molar-refractivity contribution in [2.75, 3.05) is 0 Å². The molecule has 2 nitrogen and oxygen atoms in total. The molecular formula is C18H34O2. The Morgan fingerprint density at radius 2 is 1.65 bits per heavy atom. The summed E-state index contributed by atoms with van der Waals surface area (Å²) in [6, 6.07) is 0. The van der Waals surface area contributed by atoms with Gasteiger partial charge in [0.25, 0.3) is 0 Å². The third kappa shape index (κ3) is 3.77. The highest BCUT2D eigenvalue weighted by Crippen LogP contribution is 2.53. The number of rotatable bonds is 6. The van der Waals surface area contributed by atoms with Crippen LogP contribution in [-0.2, 0) is 4.79 Å². The van der Waals surface area contributed by atoms with Gasteiger partial charge in [-0.05, 0) is 48.3 Å². The van der Waals surface area contributed by atoms with E-state index in [4.69, 9.17) is 0 Å². The Kier molecular flexibility index (Phi) is 5.69. The van der Waals surface area contributed by atoms with Gasteiger partial charge >= 0.3 is 5.97 Å². The highest BCUT2D eigenvalue weighted by atomic mass is 16.4. The number of carboxylic acid groups (broad SMARTS) is 1. The van der Waals surface area contributed by atoms with Gasteiger partial charge in [-0.15, -0.1) is 0 Å². The van der Waals surface area contributed by atoms with E-state index in [0.717, 1.165) is 19.3 Å². The Labute approximate surface area is 125 Å². The normalized spacial score (nSPS) is 28.4. The molecule has 0 saturated heterocycles. The maximum Gasteiger partial charge on any atom is 0.306 e. The second kappa shape index (κ2) is 6.49. The SMILES string of the molecule is CCCC(C)(C)C1CC(C(=O)O)CCC1C(C)(C)CC. The molecule has 0 radical (unpaired) electrons. The monoisotopic (exact) mass is 282 g/mol. The summed E-state index contributed by atoms with van der Waals surface area (Å²) >= 11 is 0. The first-order valence-electron chi connectivity index (χ1n) is 8.38. The molecule has 3 unspecified atom stereocenters. The van der Waals surface area contributed by atoms with Gasteiger partial charge in [0.15, 0.2) is 0 Å². The lowest BCUT2D eigenvalue weighted by Gasteiger charge is -2.50. The molecule has 0 spiro atoms. The average molecular weight is 282 g/mol. The molecule has 0 aromatic carbocycles. The molecule has 1 saturated carbocycles. The Hall–Kier alpha value is -0.530. The van der Waals surface area contributed by atoms with Crippen LogP contribution in [0.2, 0.25) is 0 Å². The first-order chi connectivity index (χ1) is 9.15. The second-order valence-electron chi connectivity index (χ2n) is 8.14. The van der Waals surface area contributed by atoms with Crippen LogP contribution in [0.25, 0.3) is 0 Å². The van der Waals surface area contributed by atoms with Crippen molar-refractivity contribution in [2.45, 2.75) is 80.1 Å². The molecule has 3 atom stereocenters. The first kappa shape index (κ1) is 17.5. The van der Waals surface area contributed by atoms with Crippen LogP contribution < -0.4 is 0 Å². The number of hydrogen-bond donors (Lipinski definition) is 1. The van der Waals surface area contributed by atoms with Gasteiger partial charge in [-0.25, -0.2) is 0 Å². The molecule has 1 aliphatic carbocycles. The lowest BCUT2D eigenvalue weighted by atomic mass is 9.55. The predicted molar refractivity (Wildman–Crippen MR) is 84.7 cm³/mol. The molecule has 1 fully saturated rings. The van der Waals surface area contributed by atoms with E-state index >= 15 is 0 Å². The summed E-state index contributed by atoms with van der Waals surface area (Å²) < 4.78 is 0. The van der Waals surface area contributed by atoms with E-state index in [-0.39, 0.29) is 11.3 Å². The standard InChI is InChI=1S/C18H34O2/c1-7-11-18(5,6)15-12-13(16(19)20)9-10-14(15)17(3,4)8-2/h13-15H,7-12H2,1-6H3,(H,19,20). The van der Waals surface area contributed by atoms with Crippen LogP contribution in [0.1, 0.15) is 80.1 Å². The van der Waals surface area contributed by atoms with Crippen LogP contribution in [0, 0.1) is 28.6 Å². The number of carbonyl (C=O) groups is 1. The maximum absolute atomic E-state index is 11.4.